The topological polar surface area (TPSA) is 72.5 Å². The fraction of sp³-hybridized carbons (Fsp3) is 0.579. The molecule has 140 valence electrons. The van der Waals surface area contributed by atoms with E-state index in [0.717, 1.165) is 37.1 Å². The van der Waals surface area contributed by atoms with Crippen molar-refractivity contribution in [3.05, 3.63) is 46.4 Å². The molecule has 1 saturated carbocycles. The van der Waals surface area contributed by atoms with Crippen LogP contribution in [0.15, 0.2) is 33.7 Å². The molecule has 0 spiro atoms. The Morgan fingerprint density at radius 2 is 2.23 bits per heavy atom. The second kappa shape index (κ2) is 7.25. The van der Waals surface area contributed by atoms with Crippen molar-refractivity contribution in [2.45, 2.75) is 31.9 Å². The number of morpholine rings is 1. The Kier molecular flexibility index (Phi) is 4.82. The first kappa shape index (κ1) is 17.3. The number of ether oxygens (including phenoxy) is 1. The average Bonchev–Trinajstić information content (AvgIpc) is 3.18. The summed E-state index contributed by atoms with van der Waals surface area (Å²) >= 11 is 0. The summed E-state index contributed by atoms with van der Waals surface area (Å²) in [5.41, 5.74) is -0.127. The maximum Gasteiger partial charge on any atom is 0.293 e. The maximum atomic E-state index is 12.0. The fourth-order valence-corrected chi connectivity index (χ4v) is 3.49. The molecule has 1 aliphatic carbocycles. The molecule has 0 bridgehead atoms. The number of nitrogens with zero attached hydrogens (tertiary/aromatic N) is 3. The van der Waals surface area contributed by atoms with Gasteiger partial charge in [-0.15, -0.1) is 0 Å². The molecule has 2 fully saturated rings. The molecule has 1 N–H and O–H groups in total. The Labute approximate surface area is 153 Å². The van der Waals surface area contributed by atoms with Crippen LogP contribution in [0.1, 0.15) is 30.8 Å². The summed E-state index contributed by atoms with van der Waals surface area (Å²) in [4.78, 5) is 18.5. The minimum Gasteiger partial charge on any atom is -0.464 e. The normalized spacial score (nSPS) is 26.0. The molecule has 3 heterocycles. The van der Waals surface area contributed by atoms with E-state index in [2.05, 4.69) is 34.3 Å². The van der Waals surface area contributed by atoms with Crippen LogP contribution in [0.5, 0.6) is 0 Å². The van der Waals surface area contributed by atoms with Gasteiger partial charge in [-0.2, -0.15) is 0 Å². The first-order chi connectivity index (χ1) is 12.6. The van der Waals surface area contributed by atoms with Crippen molar-refractivity contribution >= 4 is 5.82 Å². The minimum atomic E-state index is -0.127. The van der Waals surface area contributed by atoms with E-state index in [9.17, 15) is 4.79 Å². The number of hydrogen-bond donors (Lipinski definition) is 1. The Balaban J connectivity index is 1.30. The number of hydrogen-bond acceptors (Lipinski definition) is 6. The van der Waals surface area contributed by atoms with Gasteiger partial charge in [-0.05, 0) is 24.5 Å². The van der Waals surface area contributed by atoms with E-state index in [4.69, 9.17) is 9.15 Å². The van der Waals surface area contributed by atoms with Crippen molar-refractivity contribution in [1.82, 2.24) is 14.5 Å². The van der Waals surface area contributed by atoms with Gasteiger partial charge >= 0.3 is 0 Å². The van der Waals surface area contributed by atoms with E-state index < -0.39 is 0 Å². The summed E-state index contributed by atoms with van der Waals surface area (Å²) in [7, 11) is 1.72. The van der Waals surface area contributed by atoms with Crippen LogP contribution in [0.4, 0.5) is 5.82 Å². The molecule has 2 aromatic heterocycles. The third-order valence-electron chi connectivity index (χ3n) is 5.27. The third kappa shape index (κ3) is 3.83. The first-order valence-electron chi connectivity index (χ1n) is 9.28. The number of rotatable bonds is 6. The predicted octanol–water partition coefficient (Wildman–Crippen LogP) is 1.81. The number of furan rings is 1. The molecule has 2 aliphatic rings. The predicted molar refractivity (Wildman–Crippen MR) is 98.2 cm³/mol. The SMILES string of the molecule is C[C@@H]1C[C@@H]1c1ccc(CN2CCO[C@@H](CNc3nccn(C)c3=O)C2)o1. The minimum absolute atomic E-state index is 0.0216. The summed E-state index contributed by atoms with van der Waals surface area (Å²) in [5.74, 6) is 3.89. The molecule has 7 nitrogen and oxygen atoms in total. The van der Waals surface area contributed by atoms with Crippen molar-refractivity contribution in [3.8, 4) is 0 Å². The first-order valence-corrected chi connectivity index (χ1v) is 9.28. The zero-order chi connectivity index (χ0) is 18.1. The molecular formula is C19H26N4O3. The highest BCUT2D eigenvalue weighted by atomic mass is 16.5. The van der Waals surface area contributed by atoms with E-state index in [1.54, 1.807) is 19.4 Å². The van der Waals surface area contributed by atoms with Crippen molar-refractivity contribution in [3.63, 3.8) is 0 Å². The van der Waals surface area contributed by atoms with Gasteiger partial charge in [0, 0.05) is 45.0 Å². The lowest BCUT2D eigenvalue weighted by molar-refractivity contribution is -0.0260. The number of anilines is 1. The molecule has 1 saturated heterocycles. The van der Waals surface area contributed by atoms with Crippen molar-refractivity contribution < 1.29 is 9.15 Å². The Bertz CT molecular complexity index is 815. The molecule has 0 aromatic carbocycles. The standard InChI is InChI=1S/C19H26N4O3/c1-13-9-16(13)17-4-3-14(26-17)11-23-7-8-25-15(12-23)10-21-18-19(24)22(2)6-5-20-18/h3-6,13,15-16H,7-12H2,1-2H3,(H,20,21)/t13-,15+,16+/m1/s1. The van der Waals surface area contributed by atoms with Gasteiger partial charge in [0.25, 0.3) is 5.56 Å². The van der Waals surface area contributed by atoms with E-state index in [0.29, 0.717) is 24.9 Å². The van der Waals surface area contributed by atoms with Gasteiger partial charge in [-0.3, -0.25) is 9.69 Å². The number of nitrogens with one attached hydrogen (secondary N) is 1. The van der Waals surface area contributed by atoms with E-state index >= 15 is 0 Å². The lowest BCUT2D eigenvalue weighted by Crippen LogP contribution is -2.45. The molecule has 3 atom stereocenters. The molecular weight excluding hydrogens is 332 g/mol. The summed E-state index contributed by atoms with van der Waals surface area (Å²) in [6, 6.07) is 4.22. The average molecular weight is 358 g/mol. The third-order valence-corrected chi connectivity index (χ3v) is 5.27. The number of aryl methyl sites for hydroxylation is 1. The van der Waals surface area contributed by atoms with Crippen LogP contribution >= 0.6 is 0 Å². The molecule has 0 unspecified atom stereocenters. The zero-order valence-corrected chi connectivity index (χ0v) is 15.4. The van der Waals surface area contributed by atoms with Crippen LogP contribution in [-0.2, 0) is 18.3 Å². The Hall–Kier alpha value is -2.12. The van der Waals surface area contributed by atoms with Crippen LogP contribution in [0.3, 0.4) is 0 Å². The van der Waals surface area contributed by atoms with Crippen molar-refractivity contribution in [1.29, 1.82) is 0 Å². The summed E-state index contributed by atoms with van der Waals surface area (Å²) < 4.78 is 13.4. The van der Waals surface area contributed by atoms with Gasteiger partial charge in [0.15, 0.2) is 5.82 Å². The molecule has 1 aliphatic heterocycles. The number of aromatic nitrogens is 2. The monoisotopic (exact) mass is 358 g/mol. The highest BCUT2D eigenvalue weighted by molar-refractivity contribution is 5.30. The molecule has 4 rings (SSSR count). The second-order valence-electron chi connectivity index (χ2n) is 7.42. The zero-order valence-electron chi connectivity index (χ0n) is 15.4. The second-order valence-corrected chi connectivity index (χ2v) is 7.42. The molecule has 0 amide bonds. The van der Waals surface area contributed by atoms with Crippen molar-refractivity contribution in [2.24, 2.45) is 13.0 Å². The van der Waals surface area contributed by atoms with Crippen LogP contribution in [-0.4, -0.2) is 46.8 Å². The highest BCUT2D eigenvalue weighted by Gasteiger charge is 2.36. The maximum absolute atomic E-state index is 12.0. The van der Waals surface area contributed by atoms with Gasteiger partial charge < -0.3 is 19.0 Å². The highest BCUT2D eigenvalue weighted by Crippen LogP contribution is 2.47. The Morgan fingerprint density at radius 3 is 3.04 bits per heavy atom. The fourth-order valence-electron chi connectivity index (χ4n) is 3.49. The summed E-state index contributed by atoms with van der Waals surface area (Å²) in [5, 5.41) is 3.12. The largest absolute Gasteiger partial charge is 0.464 e. The van der Waals surface area contributed by atoms with Crippen LogP contribution in [0.2, 0.25) is 0 Å². The van der Waals surface area contributed by atoms with Gasteiger partial charge in [-0.1, -0.05) is 6.92 Å². The van der Waals surface area contributed by atoms with Gasteiger partial charge in [0.2, 0.25) is 0 Å². The quantitative estimate of drug-likeness (QED) is 0.849. The van der Waals surface area contributed by atoms with Gasteiger partial charge in [0.1, 0.15) is 11.5 Å². The molecule has 2 aromatic rings. The van der Waals surface area contributed by atoms with Crippen LogP contribution < -0.4 is 10.9 Å². The Morgan fingerprint density at radius 1 is 1.38 bits per heavy atom. The molecule has 0 radical (unpaired) electrons. The molecule has 7 heteroatoms. The smallest absolute Gasteiger partial charge is 0.293 e. The lowest BCUT2D eigenvalue weighted by Gasteiger charge is -2.32. The van der Waals surface area contributed by atoms with E-state index in [-0.39, 0.29) is 11.7 Å². The summed E-state index contributed by atoms with van der Waals surface area (Å²) in [6.45, 7) is 5.99. The van der Waals surface area contributed by atoms with Crippen LogP contribution in [0.25, 0.3) is 0 Å². The van der Waals surface area contributed by atoms with Crippen molar-refractivity contribution in [2.75, 3.05) is 31.6 Å². The van der Waals surface area contributed by atoms with E-state index in [1.807, 2.05) is 0 Å². The molecule has 26 heavy (non-hydrogen) atoms. The van der Waals surface area contributed by atoms with Gasteiger partial charge in [0.05, 0.1) is 19.3 Å². The van der Waals surface area contributed by atoms with E-state index in [1.165, 1.54) is 11.0 Å². The summed E-state index contributed by atoms with van der Waals surface area (Å²) in [6.07, 6.45) is 4.53. The lowest BCUT2D eigenvalue weighted by atomic mass is 10.2. The van der Waals surface area contributed by atoms with Gasteiger partial charge in [-0.25, -0.2) is 4.98 Å². The van der Waals surface area contributed by atoms with Crippen LogP contribution in [0, 0.1) is 5.92 Å².